The number of halogens is 1. The average molecular weight is 302 g/mol. The molecule has 0 bridgehead atoms. The first kappa shape index (κ1) is 14.0. The standard InChI is InChI=1S/C12H16BrNO3/c1-7-4-9(5-8(2)11(7)13)14-10(6-17-3)12(15)16/h4-5,10,14H,6H2,1-3H3,(H,15,16). The van der Waals surface area contributed by atoms with E-state index in [1.807, 2.05) is 26.0 Å². The highest BCUT2D eigenvalue weighted by atomic mass is 79.9. The highest BCUT2D eigenvalue weighted by Gasteiger charge is 2.17. The Morgan fingerprint density at radius 2 is 2.00 bits per heavy atom. The molecule has 0 amide bonds. The zero-order valence-electron chi connectivity index (χ0n) is 10.1. The minimum atomic E-state index is -0.926. The lowest BCUT2D eigenvalue weighted by Crippen LogP contribution is -2.33. The van der Waals surface area contributed by atoms with Crippen LogP contribution in [0.3, 0.4) is 0 Å². The lowest BCUT2D eigenvalue weighted by Gasteiger charge is -2.16. The van der Waals surface area contributed by atoms with Crippen molar-refractivity contribution in [3.8, 4) is 0 Å². The van der Waals surface area contributed by atoms with Crippen molar-refractivity contribution >= 4 is 27.6 Å². The predicted molar refractivity (Wildman–Crippen MR) is 70.5 cm³/mol. The van der Waals surface area contributed by atoms with Gasteiger partial charge in [0.05, 0.1) is 6.61 Å². The van der Waals surface area contributed by atoms with Gasteiger partial charge < -0.3 is 15.2 Å². The van der Waals surface area contributed by atoms with Crippen LogP contribution in [0.2, 0.25) is 0 Å². The van der Waals surface area contributed by atoms with E-state index in [0.29, 0.717) is 0 Å². The van der Waals surface area contributed by atoms with Gasteiger partial charge in [0, 0.05) is 17.3 Å². The van der Waals surface area contributed by atoms with Crippen LogP contribution < -0.4 is 5.32 Å². The molecule has 0 fully saturated rings. The summed E-state index contributed by atoms with van der Waals surface area (Å²) in [4.78, 5) is 11.0. The molecule has 94 valence electrons. The van der Waals surface area contributed by atoms with Gasteiger partial charge in [-0.2, -0.15) is 0 Å². The monoisotopic (exact) mass is 301 g/mol. The Morgan fingerprint density at radius 3 is 2.41 bits per heavy atom. The second-order valence-corrected chi connectivity index (χ2v) is 4.71. The van der Waals surface area contributed by atoms with E-state index in [9.17, 15) is 4.79 Å². The van der Waals surface area contributed by atoms with Crippen LogP contribution in [-0.4, -0.2) is 30.8 Å². The van der Waals surface area contributed by atoms with Crippen LogP contribution >= 0.6 is 15.9 Å². The van der Waals surface area contributed by atoms with Crippen LogP contribution in [0.25, 0.3) is 0 Å². The van der Waals surface area contributed by atoms with Gasteiger partial charge in [0.25, 0.3) is 0 Å². The number of carbonyl (C=O) groups is 1. The Kier molecular flexibility index (Phi) is 4.96. The van der Waals surface area contributed by atoms with Gasteiger partial charge in [-0.3, -0.25) is 0 Å². The third-order valence-electron chi connectivity index (χ3n) is 2.41. The molecule has 0 radical (unpaired) electrons. The number of nitrogens with one attached hydrogen (secondary N) is 1. The second kappa shape index (κ2) is 6.02. The minimum Gasteiger partial charge on any atom is -0.480 e. The van der Waals surface area contributed by atoms with E-state index >= 15 is 0 Å². The van der Waals surface area contributed by atoms with Gasteiger partial charge >= 0.3 is 5.97 Å². The molecule has 1 aromatic carbocycles. The van der Waals surface area contributed by atoms with Gasteiger partial charge in [0.15, 0.2) is 0 Å². The van der Waals surface area contributed by atoms with E-state index in [0.717, 1.165) is 21.3 Å². The number of methoxy groups -OCH3 is 1. The Balaban J connectivity index is 2.90. The number of benzene rings is 1. The SMILES string of the molecule is COCC(Nc1cc(C)c(Br)c(C)c1)C(=O)O. The van der Waals surface area contributed by atoms with Gasteiger partial charge in [-0.15, -0.1) is 0 Å². The quantitative estimate of drug-likeness (QED) is 0.877. The molecule has 0 aromatic heterocycles. The maximum atomic E-state index is 11.0. The van der Waals surface area contributed by atoms with Gasteiger partial charge in [-0.1, -0.05) is 15.9 Å². The van der Waals surface area contributed by atoms with Crippen LogP contribution in [0.5, 0.6) is 0 Å². The highest BCUT2D eigenvalue weighted by molar-refractivity contribution is 9.10. The Morgan fingerprint density at radius 1 is 1.47 bits per heavy atom. The number of ether oxygens (including phenoxy) is 1. The molecule has 4 nitrogen and oxygen atoms in total. The summed E-state index contributed by atoms with van der Waals surface area (Å²) in [6, 6.07) is 3.07. The Labute approximate surface area is 109 Å². The summed E-state index contributed by atoms with van der Waals surface area (Å²) in [5.41, 5.74) is 2.91. The number of carboxylic acids is 1. The lowest BCUT2D eigenvalue weighted by atomic mass is 10.1. The second-order valence-electron chi connectivity index (χ2n) is 3.91. The normalized spacial score (nSPS) is 12.2. The summed E-state index contributed by atoms with van der Waals surface area (Å²) in [6.45, 7) is 4.06. The zero-order valence-corrected chi connectivity index (χ0v) is 11.7. The van der Waals surface area contributed by atoms with Crippen LogP contribution in [0.1, 0.15) is 11.1 Å². The smallest absolute Gasteiger partial charge is 0.328 e. The van der Waals surface area contributed by atoms with E-state index < -0.39 is 12.0 Å². The first-order valence-electron chi connectivity index (χ1n) is 5.20. The van der Waals surface area contributed by atoms with E-state index in [2.05, 4.69) is 21.2 Å². The van der Waals surface area contributed by atoms with Crippen molar-refractivity contribution < 1.29 is 14.6 Å². The first-order valence-corrected chi connectivity index (χ1v) is 6.00. The van der Waals surface area contributed by atoms with Crippen molar-refractivity contribution in [3.63, 3.8) is 0 Å². The molecule has 0 saturated carbocycles. The van der Waals surface area contributed by atoms with Crippen LogP contribution in [0.4, 0.5) is 5.69 Å². The molecule has 0 aliphatic rings. The molecule has 0 heterocycles. The number of carboxylic acid groups (broad SMARTS) is 1. The molecule has 0 aliphatic heterocycles. The fraction of sp³-hybridized carbons (Fsp3) is 0.417. The third-order valence-corrected chi connectivity index (χ3v) is 3.66. The molecule has 1 rings (SSSR count). The largest absolute Gasteiger partial charge is 0.480 e. The fourth-order valence-electron chi connectivity index (χ4n) is 1.57. The molecule has 0 saturated heterocycles. The number of aryl methyl sites for hydroxylation is 2. The summed E-state index contributed by atoms with van der Waals surface area (Å²) < 4.78 is 5.91. The number of anilines is 1. The van der Waals surface area contributed by atoms with Crippen LogP contribution in [-0.2, 0) is 9.53 Å². The van der Waals surface area contributed by atoms with E-state index in [-0.39, 0.29) is 6.61 Å². The highest BCUT2D eigenvalue weighted by Crippen LogP contribution is 2.25. The summed E-state index contributed by atoms with van der Waals surface area (Å²) in [5.74, 6) is -0.926. The van der Waals surface area contributed by atoms with E-state index in [4.69, 9.17) is 9.84 Å². The molecule has 2 N–H and O–H groups in total. The van der Waals surface area contributed by atoms with Gasteiger partial charge in [-0.25, -0.2) is 4.79 Å². The predicted octanol–water partition coefficient (Wildman–Crippen LogP) is 2.58. The minimum absolute atomic E-state index is 0.128. The van der Waals surface area contributed by atoms with Crippen molar-refractivity contribution in [2.24, 2.45) is 0 Å². The molecule has 0 spiro atoms. The molecule has 17 heavy (non-hydrogen) atoms. The van der Waals surface area contributed by atoms with Crippen molar-refractivity contribution in [3.05, 3.63) is 27.7 Å². The first-order chi connectivity index (χ1) is 7.95. The topological polar surface area (TPSA) is 58.6 Å². The van der Waals surface area contributed by atoms with Crippen LogP contribution in [0.15, 0.2) is 16.6 Å². The maximum absolute atomic E-state index is 11.0. The Hall–Kier alpha value is -1.07. The summed E-state index contributed by atoms with van der Waals surface area (Å²) in [7, 11) is 1.48. The summed E-state index contributed by atoms with van der Waals surface area (Å²) in [5, 5.41) is 11.9. The number of aliphatic carboxylic acids is 1. The summed E-state index contributed by atoms with van der Waals surface area (Å²) >= 11 is 3.47. The number of hydrogen-bond donors (Lipinski definition) is 2. The average Bonchev–Trinajstić information content (AvgIpc) is 2.25. The van der Waals surface area contributed by atoms with Crippen molar-refractivity contribution in [1.29, 1.82) is 0 Å². The molecule has 1 aromatic rings. The Bertz CT molecular complexity index is 397. The molecular formula is C12H16BrNO3. The lowest BCUT2D eigenvalue weighted by molar-refractivity contribution is -0.139. The van der Waals surface area contributed by atoms with Crippen molar-refractivity contribution in [2.45, 2.75) is 19.9 Å². The number of rotatable bonds is 5. The van der Waals surface area contributed by atoms with Gasteiger partial charge in [0.2, 0.25) is 0 Å². The maximum Gasteiger partial charge on any atom is 0.328 e. The van der Waals surface area contributed by atoms with Gasteiger partial charge in [0.1, 0.15) is 6.04 Å². The molecule has 1 unspecified atom stereocenters. The van der Waals surface area contributed by atoms with Crippen molar-refractivity contribution in [1.82, 2.24) is 0 Å². The van der Waals surface area contributed by atoms with Crippen molar-refractivity contribution in [2.75, 3.05) is 19.0 Å². The van der Waals surface area contributed by atoms with E-state index in [1.165, 1.54) is 7.11 Å². The molecule has 5 heteroatoms. The van der Waals surface area contributed by atoms with Crippen LogP contribution in [0, 0.1) is 13.8 Å². The van der Waals surface area contributed by atoms with E-state index in [1.54, 1.807) is 0 Å². The molecular weight excluding hydrogens is 286 g/mol. The molecule has 0 aliphatic carbocycles. The fourth-order valence-corrected chi connectivity index (χ4v) is 1.80. The molecule has 1 atom stereocenters. The van der Waals surface area contributed by atoms with Gasteiger partial charge in [-0.05, 0) is 37.1 Å². The summed E-state index contributed by atoms with van der Waals surface area (Å²) in [6.07, 6.45) is 0. The zero-order chi connectivity index (χ0) is 13.0. The third kappa shape index (κ3) is 3.71. The number of hydrogen-bond acceptors (Lipinski definition) is 3.